The molecule has 0 amide bonds. The Morgan fingerprint density at radius 2 is 1.86 bits per heavy atom. The number of rotatable bonds is 5. The fourth-order valence-electron chi connectivity index (χ4n) is 3.36. The lowest BCUT2D eigenvalue weighted by Crippen LogP contribution is -2.26. The van der Waals surface area contributed by atoms with Crippen LogP contribution in [0.25, 0.3) is 0 Å². The second-order valence-electron chi connectivity index (χ2n) is 5.95. The number of methoxy groups -OCH3 is 2. The molecule has 4 heteroatoms. The maximum absolute atomic E-state index is 6.49. The highest BCUT2D eigenvalue weighted by atomic mass is 35.5. The zero-order valence-corrected chi connectivity index (χ0v) is 14.0. The summed E-state index contributed by atoms with van der Waals surface area (Å²) in [4.78, 5) is 0. The van der Waals surface area contributed by atoms with Crippen LogP contribution in [-0.4, -0.2) is 14.2 Å². The summed E-state index contributed by atoms with van der Waals surface area (Å²) in [5, 5.41) is 0.560. The summed E-state index contributed by atoms with van der Waals surface area (Å²) in [6, 6.07) is 3.89. The van der Waals surface area contributed by atoms with E-state index in [-0.39, 0.29) is 6.04 Å². The van der Waals surface area contributed by atoms with E-state index < -0.39 is 0 Å². The molecule has 0 spiro atoms. The largest absolute Gasteiger partial charge is 0.493 e. The van der Waals surface area contributed by atoms with E-state index in [0.717, 1.165) is 11.5 Å². The standard InChI is InChI=1S/C17H26ClNO2/c1-4-11-5-7-12(8-6-11)16(19)13-9-14(18)17(21-3)15(10-13)20-2/h9-12,16H,4-8,19H2,1-3H3. The van der Waals surface area contributed by atoms with Gasteiger partial charge in [-0.3, -0.25) is 0 Å². The molecule has 1 aliphatic carbocycles. The highest BCUT2D eigenvalue weighted by Crippen LogP contribution is 2.41. The van der Waals surface area contributed by atoms with Gasteiger partial charge in [0, 0.05) is 6.04 Å². The van der Waals surface area contributed by atoms with Gasteiger partial charge in [-0.25, -0.2) is 0 Å². The van der Waals surface area contributed by atoms with Gasteiger partial charge in [0.1, 0.15) is 0 Å². The average molecular weight is 312 g/mol. The first kappa shape index (κ1) is 16.4. The minimum absolute atomic E-state index is 0.0140. The molecule has 118 valence electrons. The van der Waals surface area contributed by atoms with Crippen LogP contribution in [0.5, 0.6) is 11.5 Å². The molecule has 2 rings (SSSR count). The molecule has 1 aromatic rings. The molecule has 0 aromatic heterocycles. The molecule has 0 heterocycles. The zero-order valence-electron chi connectivity index (χ0n) is 13.2. The molecule has 0 saturated heterocycles. The van der Waals surface area contributed by atoms with Crippen LogP contribution in [0, 0.1) is 11.8 Å². The van der Waals surface area contributed by atoms with Crippen molar-refractivity contribution in [3.05, 3.63) is 22.7 Å². The number of hydrogen-bond acceptors (Lipinski definition) is 3. The smallest absolute Gasteiger partial charge is 0.179 e. The molecule has 3 nitrogen and oxygen atoms in total. The Morgan fingerprint density at radius 1 is 1.19 bits per heavy atom. The predicted molar refractivity (Wildman–Crippen MR) is 87.2 cm³/mol. The lowest BCUT2D eigenvalue weighted by atomic mass is 9.76. The predicted octanol–water partition coefficient (Wildman–Crippen LogP) is 4.57. The van der Waals surface area contributed by atoms with E-state index >= 15 is 0 Å². The van der Waals surface area contributed by atoms with Crippen LogP contribution >= 0.6 is 11.6 Å². The molecular formula is C17H26ClNO2. The second-order valence-corrected chi connectivity index (χ2v) is 6.36. The van der Waals surface area contributed by atoms with E-state index in [1.807, 2.05) is 12.1 Å². The highest BCUT2D eigenvalue weighted by Gasteiger charge is 2.27. The van der Waals surface area contributed by atoms with Gasteiger partial charge in [0.2, 0.25) is 0 Å². The normalized spacial score (nSPS) is 23.7. The molecule has 0 bridgehead atoms. The van der Waals surface area contributed by atoms with Crippen LogP contribution in [0.4, 0.5) is 0 Å². The molecular weight excluding hydrogens is 286 g/mol. The minimum atomic E-state index is 0.0140. The Balaban J connectivity index is 2.16. The number of benzene rings is 1. The molecule has 1 fully saturated rings. The third-order valence-electron chi connectivity index (χ3n) is 4.82. The van der Waals surface area contributed by atoms with Gasteiger partial charge < -0.3 is 15.2 Å². The van der Waals surface area contributed by atoms with Crippen molar-refractivity contribution >= 4 is 11.6 Å². The first-order valence-electron chi connectivity index (χ1n) is 7.77. The molecule has 1 aromatic carbocycles. The first-order chi connectivity index (χ1) is 10.1. The summed E-state index contributed by atoms with van der Waals surface area (Å²) in [6.07, 6.45) is 6.26. The molecule has 2 N–H and O–H groups in total. The van der Waals surface area contributed by atoms with Gasteiger partial charge in [0.05, 0.1) is 19.2 Å². The van der Waals surface area contributed by atoms with E-state index in [9.17, 15) is 0 Å². The van der Waals surface area contributed by atoms with Crippen LogP contribution in [-0.2, 0) is 0 Å². The van der Waals surface area contributed by atoms with Gasteiger partial charge in [0.15, 0.2) is 11.5 Å². The van der Waals surface area contributed by atoms with E-state index in [0.29, 0.717) is 22.4 Å². The van der Waals surface area contributed by atoms with E-state index in [2.05, 4.69) is 6.92 Å². The number of nitrogens with two attached hydrogens (primary N) is 1. The minimum Gasteiger partial charge on any atom is -0.493 e. The average Bonchev–Trinajstić information content (AvgIpc) is 2.53. The van der Waals surface area contributed by atoms with Crippen molar-refractivity contribution in [2.75, 3.05) is 14.2 Å². The fraction of sp³-hybridized carbons (Fsp3) is 0.647. The van der Waals surface area contributed by atoms with Gasteiger partial charge in [-0.1, -0.05) is 37.8 Å². The third kappa shape index (κ3) is 3.64. The summed E-state index contributed by atoms with van der Waals surface area (Å²) in [5.74, 6) is 2.63. The number of halogens is 1. The van der Waals surface area contributed by atoms with Crippen molar-refractivity contribution in [3.8, 4) is 11.5 Å². The summed E-state index contributed by atoms with van der Waals surface area (Å²) in [5.41, 5.74) is 7.53. The number of ether oxygens (including phenoxy) is 2. The van der Waals surface area contributed by atoms with Gasteiger partial charge in [0.25, 0.3) is 0 Å². The monoisotopic (exact) mass is 311 g/mol. The Hall–Kier alpha value is -0.930. The van der Waals surface area contributed by atoms with Crippen molar-refractivity contribution < 1.29 is 9.47 Å². The molecule has 1 saturated carbocycles. The van der Waals surface area contributed by atoms with Crippen molar-refractivity contribution in [1.29, 1.82) is 0 Å². The van der Waals surface area contributed by atoms with Crippen LogP contribution in [0.2, 0.25) is 5.02 Å². The van der Waals surface area contributed by atoms with Crippen molar-refractivity contribution in [2.45, 2.75) is 45.1 Å². The second kappa shape index (κ2) is 7.37. The first-order valence-corrected chi connectivity index (χ1v) is 8.15. The Morgan fingerprint density at radius 3 is 2.38 bits per heavy atom. The lowest BCUT2D eigenvalue weighted by Gasteiger charge is -2.32. The molecule has 1 atom stereocenters. The quantitative estimate of drug-likeness (QED) is 0.866. The maximum atomic E-state index is 6.49. The molecule has 21 heavy (non-hydrogen) atoms. The Kier molecular flexibility index (Phi) is 5.77. The van der Waals surface area contributed by atoms with Gasteiger partial charge in [-0.2, -0.15) is 0 Å². The van der Waals surface area contributed by atoms with E-state index in [1.54, 1.807) is 14.2 Å². The van der Waals surface area contributed by atoms with Gasteiger partial charge >= 0.3 is 0 Å². The Bertz CT molecular complexity index is 470. The van der Waals surface area contributed by atoms with E-state index in [4.69, 9.17) is 26.8 Å². The molecule has 1 unspecified atom stereocenters. The summed E-state index contributed by atoms with van der Waals surface area (Å²) >= 11 is 6.28. The van der Waals surface area contributed by atoms with Crippen molar-refractivity contribution in [1.82, 2.24) is 0 Å². The molecule has 0 aliphatic heterocycles. The van der Waals surface area contributed by atoms with Crippen LogP contribution in [0.15, 0.2) is 12.1 Å². The van der Waals surface area contributed by atoms with E-state index in [1.165, 1.54) is 32.1 Å². The van der Waals surface area contributed by atoms with Gasteiger partial charge in [-0.15, -0.1) is 0 Å². The third-order valence-corrected chi connectivity index (χ3v) is 5.10. The van der Waals surface area contributed by atoms with Crippen molar-refractivity contribution in [3.63, 3.8) is 0 Å². The van der Waals surface area contributed by atoms with Crippen molar-refractivity contribution in [2.24, 2.45) is 17.6 Å². The zero-order chi connectivity index (χ0) is 15.4. The summed E-state index contributed by atoms with van der Waals surface area (Å²) in [6.45, 7) is 2.28. The van der Waals surface area contributed by atoms with Crippen LogP contribution < -0.4 is 15.2 Å². The van der Waals surface area contributed by atoms with Crippen LogP contribution in [0.3, 0.4) is 0 Å². The highest BCUT2D eigenvalue weighted by molar-refractivity contribution is 6.32. The summed E-state index contributed by atoms with van der Waals surface area (Å²) in [7, 11) is 3.21. The summed E-state index contributed by atoms with van der Waals surface area (Å²) < 4.78 is 10.6. The maximum Gasteiger partial charge on any atom is 0.179 e. The lowest BCUT2D eigenvalue weighted by molar-refractivity contribution is 0.239. The number of hydrogen-bond donors (Lipinski definition) is 1. The Labute approximate surface area is 132 Å². The topological polar surface area (TPSA) is 44.5 Å². The molecule has 0 radical (unpaired) electrons. The SMILES string of the molecule is CCC1CCC(C(N)c2cc(Cl)c(OC)c(OC)c2)CC1. The molecule has 1 aliphatic rings. The van der Waals surface area contributed by atoms with Gasteiger partial charge in [-0.05, 0) is 42.4 Å². The van der Waals surface area contributed by atoms with Crippen LogP contribution in [0.1, 0.15) is 50.6 Å². The fourth-order valence-corrected chi connectivity index (χ4v) is 3.65.